The third-order valence-electron chi connectivity index (χ3n) is 4.21. The van der Waals surface area contributed by atoms with E-state index in [4.69, 9.17) is 4.74 Å². The van der Waals surface area contributed by atoms with Gasteiger partial charge in [0.05, 0.1) is 11.9 Å². The molecule has 3 aromatic rings. The normalized spacial score (nSPS) is 10.8. The van der Waals surface area contributed by atoms with Gasteiger partial charge in [0.2, 0.25) is 0 Å². The first kappa shape index (κ1) is 19.2. The summed E-state index contributed by atoms with van der Waals surface area (Å²) in [4.78, 5) is 14.0. The molecule has 1 heterocycles. The van der Waals surface area contributed by atoms with Gasteiger partial charge in [-0.15, -0.1) is 0 Å². The summed E-state index contributed by atoms with van der Waals surface area (Å²) in [5.41, 5.74) is 6.52. The molecule has 0 radical (unpaired) electrons. The molecule has 0 aliphatic heterocycles. The molecular formula is C22H24N4O2. The number of nitrogens with one attached hydrogen (secondary N) is 1. The number of hydrogen-bond acceptors (Lipinski definition) is 4. The van der Waals surface area contributed by atoms with Crippen molar-refractivity contribution in [3.8, 4) is 11.4 Å². The van der Waals surface area contributed by atoms with Gasteiger partial charge < -0.3 is 14.2 Å². The van der Waals surface area contributed by atoms with Crippen LogP contribution in [0, 0.1) is 6.92 Å². The number of carbonyl (C=O) groups is 1. The van der Waals surface area contributed by atoms with Crippen LogP contribution in [0.25, 0.3) is 5.69 Å². The van der Waals surface area contributed by atoms with Gasteiger partial charge in [-0.05, 0) is 43.3 Å². The number of para-hydroxylation sites is 1. The fraction of sp³-hybridized carbons (Fsp3) is 0.182. The summed E-state index contributed by atoms with van der Waals surface area (Å²) in [6, 6.07) is 21.5. The molecule has 0 spiro atoms. The predicted molar refractivity (Wildman–Crippen MR) is 113 cm³/mol. The maximum Gasteiger partial charge on any atom is 0.277 e. The van der Waals surface area contributed by atoms with Crippen LogP contribution in [0.2, 0.25) is 0 Å². The monoisotopic (exact) mass is 376 g/mol. The Kier molecular flexibility index (Phi) is 6.11. The number of aromatic nitrogens is 1. The van der Waals surface area contributed by atoms with E-state index in [1.54, 1.807) is 6.21 Å². The number of carbonyl (C=O) groups excluding carboxylic acids is 1. The molecule has 0 bridgehead atoms. The molecule has 2 aromatic carbocycles. The molecule has 0 saturated heterocycles. The van der Waals surface area contributed by atoms with Crippen molar-refractivity contribution < 1.29 is 9.53 Å². The molecule has 6 heteroatoms. The van der Waals surface area contributed by atoms with Crippen molar-refractivity contribution in [1.29, 1.82) is 0 Å². The standard InChI is InChI=1S/C22H24N4O2/c1-17-12-13-20(26(17)18-8-5-4-6-9-18)15-23-24-22(27)16-28-21-11-7-10-19(14-21)25(2)3/h4-15H,16H2,1-3H3,(H,24,27)/b23-15-. The number of ether oxygens (including phenoxy) is 1. The average molecular weight is 376 g/mol. The topological polar surface area (TPSA) is 58.9 Å². The van der Waals surface area contributed by atoms with Crippen LogP contribution >= 0.6 is 0 Å². The van der Waals surface area contributed by atoms with Crippen LogP contribution in [0.1, 0.15) is 11.4 Å². The highest BCUT2D eigenvalue weighted by Crippen LogP contribution is 2.19. The Balaban J connectivity index is 1.58. The van der Waals surface area contributed by atoms with E-state index in [0.717, 1.165) is 22.8 Å². The van der Waals surface area contributed by atoms with Crippen molar-refractivity contribution in [2.24, 2.45) is 5.10 Å². The Bertz CT molecular complexity index is 962. The Hall–Kier alpha value is -3.54. The lowest BCUT2D eigenvalue weighted by Gasteiger charge is -2.13. The maximum atomic E-state index is 12.0. The van der Waals surface area contributed by atoms with Gasteiger partial charge >= 0.3 is 0 Å². The fourth-order valence-corrected chi connectivity index (χ4v) is 2.79. The predicted octanol–water partition coefficient (Wildman–Crippen LogP) is 3.38. The third kappa shape index (κ3) is 4.79. The minimum atomic E-state index is -0.318. The summed E-state index contributed by atoms with van der Waals surface area (Å²) in [5, 5.41) is 4.07. The third-order valence-corrected chi connectivity index (χ3v) is 4.21. The van der Waals surface area contributed by atoms with Gasteiger partial charge in [-0.1, -0.05) is 24.3 Å². The van der Waals surface area contributed by atoms with E-state index in [0.29, 0.717) is 5.75 Å². The highest BCUT2D eigenvalue weighted by molar-refractivity contribution is 5.82. The van der Waals surface area contributed by atoms with Crippen LogP contribution in [0.5, 0.6) is 5.75 Å². The van der Waals surface area contributed by atoms with Gasteiger partial charge in [0.1, 0.15) is 5.75 Å². The summed E-state index contributed by atoms with van der Waals surface area (Å²) in [7, 11) is 3.90. The zero-order valence-corrected chi connectivity index (χ0v) is 16.3. The maximum absolute atomic E-state index is 12.0. The molecule has 0 fully saturated rings. The number of hydrogen-bond donors (Lipinski definition) is 1. The highest BCUT2D eigenvalue weighted by Gasteiger charge is 2.06. The number of aryl methyl sites for hydroxylation is 1. The first-order valence-corrected chi connectivity index (χ1v) is 9.00. The van der Waals surface area contributed by atoms with Crippen molar-refractivity contribution in [2.45, 2.75) is 6.92 Å². The number of anilines is 1. The lowest BCUT2D eigenvalue weighted by atomic mass is 10.3. The second-order valence-electron chi connectivity index (χ2n) is 6.54. The lowest BCUT2D eigenvalue weighted by molar-refractivity contribution is -0.123. The Morgan fingerprint density at radius 3 is 2.64 bits per heavy atom. The van der Waals surface area contributed by atoms with E-state index < -0.39 is 0 Å². The smallest absolute Gasteiger partial charge is 0.277 e. The minimum Gasteiger partial charge on any atom is -0.484 e. The van der Waals surface area contributed by atoms with Crippen LogP contribution in [0.15, 0.2) is 71.8 Å². The van der Waals surface area contributed by atoms with E-state index in [9.17, 15) is 4.79 Å². The van der Waals surface area contributed by atoms with E-state index in [1.807, 2.05) is 92.6 Å². The van der Waals surface area contributed by atoms with E-state index in [1.165, 1.54) is 0 Å². The van der Waals surface area contributed by atoms with E-state index in [2.05, 4.69) is 15.1 Å². The molecule has 28 heavy (non-hydrogen) atoms. The molecular weight excluding hydrogens is 352 g/mol. The average Bonchev–Trinajstić information content (AvgIpc) is 3.07. The molecule has 144 valence electrons. The van der Waals surface area contributed by atoms with Crippen LogP contribution in [-0.2, 0) is 4.79 Å². The molecule has 0 aliphatic rings. The van der Waals surface area contributed by atoms with Gasteiger partial charge in [0.25, 0.3) is 5.91 Å². The molecule has 3 rings (SSSR count). The number of nitrogens with zero attached hydrogens (tertiary/aromatic N) is 3. The summed E-state index contributed by atoms with van der Waals surface area (Å²) in [5.74, 6) is 0.319. The van der Waals surface area contributed by atoms with Crippen LogP contribution in [-0.4, -0.2) is 37.4 Å². The molecule has 0 atom stereocenters. The molecule has 1 N–H and O–H groups in total. The summed E-state index contributed by atoms with van der Waals surface area (Å²) >= 11 is 0. The molecule has 0 saturated carbocycles. The summed E-state index contributed by atoms with van der Waals surface area (Å²) < 4.78 is 7.61. The number of hydrazone groups is 1. The van der Waals surface area contributed by atoms with Crippen molar-refractivity contribution in [3.05, 3.63) is 78.1 Å². The van der Waals surface area contributed by atoms with Crippen LogP contribution in [0.3, 0.4) is 0 Å². The molecule has 1 aromatic heterocycles. The number of rotatable bonds is 7. The second kappa shape index (κ2) is 8.90. The summed E-state index contributed by atoms with van der Waals surface area (Å²) in [6.45, 7) is 1.92. The quantitative estimate of drug-likeness (QED) is 0.508. The molecule has 0 aliphatic carbocycles. The summed E-state index contributed by atoms with van der Waals surface area (Å²) in [6.07, 6.45) is 1.63. The molecule has 0 unspecified atom stereocenters. The second-order valence-corrected chi connectivity index (χ2v) is 6.54. The van der Waals surface area contributed by atoms with Gasteiger partial charge in [-0.25, -0.2) is 5.43 Å². The number of amides is 1. The van der Waals surface area contributed by atoms with E-state index >= 15 is 0 Å². The molecule has 6 nitrogen and oxygen atoms in total. The Morgan fingerprint density at radius 2 is 1.89 bits per heavy atom. The molecule has 1 amide bonds. The fourth-order valence-electron chi connectivity index (χ4n) is 2.79. The van der Waals surface area contributed by atoms with Crippen molar-refractivity contribution >= 4 is 17.8 Å². The largest absolute Gasteiger partial charge is 0.484 e. The van der Waals surface area contributed by atoms with Crippen LogP contribution < -0.4 is 15.1 Å². The Labute approximate surface area is 165 Å². The van der Waals surface area contributed by atoms with Gasteiger partial charge in [-0.3, -0.25) is 4.79 Å². The lowest BCUT2D eigenvalue weighted by Crippen LogP contribution is -2.24. The zero-order valence-electron chi connectivity index (χ0n) is 16.3. The van der Waals surface area contributed by atoms with Crippen LogP contribution in [0.4, 0.5) is 5.69 Å². The SMILES string of the molecule is Cc1ccc(/C=N\NC(=O)COc2cccc(N(C)C)c2)n1-c1ccccc1. The van der Waals surface area contributed by atoms with Gasteiger partial charge in [-0.2, -0.15) is 5.10 Å². The zero-order chi connectivity index (χ0) is 19.9. The minimum absolute atomic E-state index is 0.104. The highest BCUT2D eigenvalue weighted by atomic mass is 16.5. The van der Waals surface area contributed by atoms with Gasteiger partial charge in [0.15, 0.2) is 6.61 Å². The Morgan fingerprint density at radius 1 is 1.11 bits per heavy atom. The van der Waals surface area contributed by atoms with Gasteiger partial charge in [0, 0.05) is 37.2 Å². The van der Waals surface area contributed by atoms with Crippen molar-refractivity contribution in [3.63, 3.8) is 0 Å². The number of benzene rings is 2. The van der Waals surface area contributed by atoms with E-state index in [-0.39, 0.29) is 12.5 Å². The van der Waals surface area contributed by atoms with Crippen molar-refractivity contribution in [2.75, 3.05) is 25.6 Å². The van der Waals surface area contributed by atoms with Crippen molar-refractivity contribution in [1.82, 2.24) is 9.99 Å². The first-order valence-electron chi connectivity index (χ1n) is 9.00. The first-order chi connectivity index (χ1) is 13.5.